The molecule has 0 bridgehead atoms. The second kappa shape index (κ2) is 56.0. The molecule has 1 saturated heterocycles. The minimum atomic E-state index is 0.205. The third-order valence-corrected chi connectivity index (χ3v) is 13.3. The first-order valence-corrected chi connectivity index (χ1v) is 28.7. The monoisotopic (exact) mass is 966 g/mol. The summed E-state index contributed by atoms with van der Waals surface area (Å²) in [6, 6.07) is 0. The van der Waals surface area contributed by atoms with Crippen LogP contribution >= 0.6 is 0 Å². The summed E-state index contributed by atoms with van der Waals surface area (Å²) in [5.74, 6) is 0.441. The molecule has 2 amide bonds. The van der Waals surface area contributed by atoms with E-state index in [9.17, 15) is 19.2 Å². The van der Waals surface area contributed by atoms with Crippen molar-refractivity contribution in [2.45, 2.75) is 233 Å². The van der Waals surface area contributed by atoms with Crippen LogP contribution in [0.15, 0.2) is 0 Å². The van der Waals surface area contributed by atoms with Crippen LogP contribution in [0, 0.1) is 0 Å². The van der Waals surface area contributed by atoms with Crippen LogP contribution in [0.2, 0.25) is 0 Å². The highest BCUT2D eigenvalue weighted by Gasteiger charge is 2.26. The van der Waals surface area contributed by atoms with Gasteiger partial charge in [-0.15, -0.1) is 0 Å². The molecule has 0 aromatic heterocycles. The van der Waals surface area contributed by atoms with Crippen molar-refractivity contribution in [2.75, 3.05) is 114 Å². The van der Waals surface area contributed by atoms with Crippen LogP contribution in [0.1, 0.15) is 233 Å². The normalized spacial score (nSPS) is 12.6. The summed E-state index contributed by atoms with van der Waals surface area (Å²) in [7, 11) is 6.50. The molecule has 0 unspecified atom stereocenters. The molecule has 0 aromatic carbocycles. The van der Waals surface area contributed by atoms with E-state index in [1.807, 2.05) is 9.80 Å². The average molecular weight is 967 g/mol. The Hall–Kier alpha value is -1.92. The van der Waals surface area contributed by atoms with Crippen molar-refractivity contribution in [1.29, 1.82) is 0 Å². The number of piperazine rings is 1. The number of methoxy groups -OCH3 is 2. The largest absolute Gasteiger partial charge is 0.388 e. The molecule has 0 aliphatic carbocycles. The number of nitrogens with zero attached hydrogens (tertiary/aromatic N) is 5. The molecule has 0 aromatic rings. The molecule has 404 valence electrons. The van der Waals surface area contributed by atoms with E-state index in [0.29, 0.717) is 52.1 Å². The number of aldehydes is 2. The molecule has 1 aliphatic heterocycles. The topological polar surface area (TPSA) is 103 Å². The minimum absolute atomic E-state index is 0.205. The Bertz CT molecular complexity index is 1040. The molecule has 0 N–H and O–H groups in total. The number of hydrogen-bond donors (Lipinski definition) is 0. The Morgan fingerprint density at radius 2 is 0.574 bits per heavy atom. The van der Waals surface area contributed by atoms with E-state index in [0.717, 1.165) is 103 Å². The van der Waals surface area contributed by atoms with E-state index in [-0.39, 0.29) is 11.8 Å². The molecule has 0 atom stereocenters. The highest BCUT2D eigenvalue weighted by molar-refractivity contribution is 5.80. The molecule has 1 fully saturated rings. The summed E-state index contributed by atoms with van der Waals surface area (Å²) < 4.78 is 8.50. The zero-order valence-corrected chi connectivity index (χ0v) is 46.4. The zero-order valence-electron chi connectivity index (χ0n) is 46.4. The van der Waals surface area contributed by atoms with Gasteiger partial charge in [0, 0.05) is 80.5 Å². The average Bonchev–Trinajstić information content (AvgIpc) is 3.34. The summed E-state index contributed by atoms with van der Waals surface area (Å²) in [6.45, 7) is 17.4. The van der Waals surface area contributed by atoms with Crippen LogP contribution in [-0.4, -0.2) is 162 Å². The van der Waals surface area contributed by atoms with Crippen molar-refractivity contribution >= 4 is 24.4 Å². The van der Waals surface area contributed by atoms with Crippen LogP contribution in [0.3, 0.4) is 0 Å². The summed E-state index contributed by atoms with van der Waals surface area (Å²) >= 11 is 0. The Kier molecular flexibility index (Phi) is 56.1. The Labute approximate surface area is 422 Å². The first-order chi connectivity index (χ1) is 33.3. The van der Waals surface area contributed by atoms with Gasteiger partial charge in [0.15, 0.2) is 0 Å². The fourth-order valence-electron chi connectivity index (χ4n) is 9.01. The van der Waals surface area contributed by atoms with E-state index in [2.05, 4.69) is 44.9 Å². The lowest BCUT2D eigenvalue weighted by Crippen LogP contribution is -2.54. The SMILES string of the molecule is CCCCCCCCCN(CCCCCCCC=O)CCN(CCCCCCCC=O)CC(=O)N1CCN(C(=O)CN(CCCCCCCCC)CCCCCCCCC)CC1.COC.COC. The van der Waals surface area contributed by atoms with Gasteiger partial charge in [0.25, 0.3) is 0 Å². The van der Waals surface area contributed by atoms with Gasteiger partial charge >= 0.3 is 0 Å². The smallest absolute Gasteiger partial charge is 0.236 e. The Morgan fingerprint density at radius 3 is 0.853 bits per heavy atom. The number of ether oxygens (including phenoxy) is 2. The van der Waals surface area contributed by atoms with Gasteiger partial charge in [-0.2, -0.15) is 0 Å². The fraction of sp³-hybridized carbons (Fsp3) is 0.930. The number of hydrogen-bond acceptors (Lipinski definition) is 9. The minimum Gasteiger partial charge on any atom is -0.388 e. The summed E-state index contributed by atoms with van der Waals surface area (Å²) in [5, 5.41) is 0. The third kappa shape index (κ3) is 46.5. The molecule has 0 radical (unpaired) electrons. The quantitative estimate of drug-likeness (QED) is 0.0436. The maximum absolute atomic E-state index is 13.9. The van der Waals surface area contributed by atoms with E-state index >= 15 is 0 Å². The summed E-state index contributed by atoms with van der Waals surface area (Å²) in [6.07, 6.45) is 41.8. The molecule has 0 saturated carbocycles. The maximum Gasteiger partial charge on any atom is 0.236 e. The summed E-state index contributed by atoms with van der Waals surface area (Å²) in [4.78, 5) is 60.7. The van der Waals surface area contributed by atoms with Crippen molar-refractivity contribution in [2.24, 2.45) is 0 Å². The highest BCUT2D eigenvalue weighted by Crippen LogP contribution is 2.14. The first kappa shape index (κ1) is 68.2. The maximum atomic E-state index is 13.9. The third-order valence-electron chi connectivity index (χ3n) is 13.3. The van der Waals surface area contributed by atoms with Crippen LogP contribution in [0.5, 0.6) is 0 Å². The standard InChI is InChI=1S/C53H103N5O4.2C2H6O/c1-4-7-10-13-16-23-30-37-54(38-31-24-19-21-28-35-48-59)42-43-56(41-34-27-20-22-29-36-49-60)51-53(62)58-46-44-57(45-47-58)52(61)50-55(39-32-25-17-14-11-8-5-2)40-33-26-18-15-12-9-6-3;2*1-3-2/h48-49H,4-47,50-51H2,1-3H3;2*1-2H3. The lowest BCUT2D eigenvalue weighted by molar-refractivity contribution is -0.140. The first-order valence-electron chi connectivity index (χ1n) is 28.7. The van der Waals surface area contributed by atoms with Crippen molar-refractivity contribution in [3.63, 3.8) is 0 Å². The van der Waals surface area contributed by atoms with Crippen molar-refractivity contribution in [3.8, 4) is 0 Å². The molecular formula is C57H115N5O6. The second-order valence-electron chi connectivity index (χ2n) is 19.8. The second-order valence-corrected chi connectivity index (χ2v) is 19.8. The number of rotatable bonds is 47. The lowest BCUT2D eigenvalue weighted by Gasteiger charge is -2.37. The Balaban J connectivity index is 0. The number of carbonyl (C=O) groups excluding carboxylic acids is 4. The predicted molar refractivity (Wildman–Crippen MR) is 290 cm³/mol. The highest BCUT2D eigenvalue weighted by atomic mass is 16.5. The molecule has 0 spiro atoms. The summed E-state index contributed by atoms with van der Waals surface area (Å²) in [5.41, 5.74) is 0. The molecule has 11 heteroatoms. The van der Waals surface area contributed by atoms with Crippen LogP contribution in [0.4, 0.5) is 0 Å². The number of unbranched alkanes of at least 4 members (excludes halogenated alkanes) is 28. The van der Waals surface area contributed by atoms with Gasteiger partial charge in [-0.25, -0.2) is 0 Å². The molecule has 11 nitrogen and oxygen atoms in total. The van der Waals surface area contributed by atoms with Crippen molar-refractivity contribution in [3.05, 3.63) is 0 Å². The van der Waals surface area contributed by atoms with Gasteiger partial charge in [0.1, 0.15) is 12.6 Å². The number of carbonyl (C=O) groups is 4. The Morgan fingerprint density at radius 1 is 0.353 bits per heavy atom. The molecule has 1 rings (SSSR count). The fourth-order valence-corrected chi connectivity index (χ4v) is 9.01. The van der Waals surface area contributed by atoms with Crippen LogP contribution < -0.4 is 0 Å². The molecule has 1 aliphatic rings. The zero-order chi connectivity index (χ0) is 50.4. The van der Waals surface area contributed by atoms with Gasteiger partial charge in [0.2, 0.25) is 11.8 Å². The van der Waals surface area contributed by atoms with Gasteiger partial charge in [-0.05, 0) is 77.7 Å². The van der Waals surface area contributed by atoms with Crippen LogP contribution in [-0.2, 0) is 28.7 Å². The van der Waals surface area contributed by atoms with Crippen molar-refractivity contribution < 1.29 is 28.7 Å². The van der Waals surface area contributed by atoms with Gasteiger partial charge in [-0.1, -0.05) is 175 Å². The van der Waals surface area contributed by atoms with E-state index in [1.165, 1.54) is 154 Å². The molecular weight excluding hydrogens is 851 g/mol. The van der Waals surface area contributed by atoms with E-state index in [4.69, 9.17) is 0 Å². The van der Waals surface area contributed by atoms with E-state index in [1.54, 1.807) is 28.4 Å². The molecule has 68 heavy (non-hydrogen) atoms. The molecule has 1 heterocycles. The lowest BCUT2D eigenvalue weighted by atomic mass is 10.1. The van der Waals surface area contributed by atoms with Gasteiger partial charge < -0.3 is 33.8 Å². The van der Waals surface area contributed by atoms with Crippen LogP contribution in [0.25, 0.3) is 0 Å². The van der Waals surface area contributed by atoms with Gasteiger partial charge in [-0.3, -0.25) is 19.4 Å². The predicted octanol–water partition coefficient (Wildman–Crippen LogP) is 12.4. The van der Waals surface area contributed by atoms with E-state index < -0.39 is 0 Å². The number of amides is 2. The van der Waals surface area contributed by atoms with Crippen molar-refractivity contribution in [1.82, 2.24) is 24.5 Å². The van der Waals surface area contributed by atoms with Gasteiger partial charge in [0.05, 0.1) is 13.1 Å².